The molecule has 2 aromatic heterocycles. The zero-order chi connectivity index (χ0) is 18.6. The second-order valence-electron chi connectivity index (χ2n) is 6.28. The molecule has 0 aliphatic heterocycles. The third kappa shape index (κ3) is 4.86. The van der Waals surface area contributed by atoms with Gasteiger partial charge >= 0.3 is 0 Å². The molecule has 0 radical (unpaired) electrons. The smallest absolute Gasteiger partial charge is 0.221 e. The second kappa shape index (κ2) is 9.13. The first-order chi connectivity index (χ1) is 13.2. The van der Waals surface area contributed by atoms with Crippen LogP contribution in [-0.2, 0) is 6.54 Å². The first-order valence-corrected chi connectivity index (χ1v) is 9.41. The second-order valence-corrected chi connectivity index (χ2v) is 7.20. The van der Waals surface area contributed by atoms with Crippen molar-refractivity contribution >= 4 is 38.8 Å². The molecule has 0 atom stereocenters. The lowest BCUT2D eigenvalue weighted by molar-refractivity contribution is -0.688. The van der Waals surface area contributed by atoms with Crippen molar-refractivity contribution in [3.63, 3.8) is 0 Å². The molecule has 0 bridgehead atoms. The number of pyridine rings is 1. The van der Waals surface area contributed by atoms with E-state index >= 15 is 0 Å². The largest absolute Gasteiger partial charge is 1.00 e. The molecule has 0 N–H and O–H groups in total. The third-order valence-electron chi connectivity index (χ3n) is 4.27. The fourth-order valence-corrected chi connectivity index (χ4v) is 3.25. The van der Waals surface area contributed by atoms with Crippen LogP contribution in [0.15, 0.2) is 94.1 Å². The highest BCUT2D eigenvalue weighted by molar-refractivity contribution is 9.10. The fraction of sp³-hybridized carbons (Fsp3) is 0.0435. The molecule has 0 fully saturated rings. The molecular weight excluding hydrogens is 482 g/mol. The van der Waals surface area contributed by atoms with Crippen LogP contribution >= 0.6 is 15.9 Å². The molecule has 140 valence electrons. The van der Waals surface area contributed by atoms with Gasteiger partial charge in [-0.2, -0.15) is 0 Å². The molecule has 0 aliphatic rings. The van der Waals surface area contributed by atoms with Crippen LogP contribution < -0.4 is 21.5 Å². The molecule has 0 saturated carbocycles. The Morgan fingerprint density at radius 1 is 1.00 bits per heavy atom. The van der Waals surface area contributed by atoms with Crippen molar-refractivity contribution in [2.24, 2.45) is 0 Å². The molecule has 2 aromatic carbocycles. The Bertz CT molecular complexity index is 1120. The number of ketones is 1. The maximum Gasteiger partial charge on any atom is 0.221 e. The van der Waals surface area contributed by atoms with Gasteiger partial charge in [-0.15, -0.1) is 0 Å². The summed E-state index contributed by atoms with van der Waals surface area (Å²) in [5.74, 6) is 0.192. The number of rotatable bonds is 5. The van der Waals surface area contributed by atoms with E-state index < -0.39 is 0 Å². The van der Waals surface area contributed by atoms with Crippen molar-refractivity contribution in [2.45, 2.75) is 6.54 Å². The van der Waals surface area contributed by atoms with Gasteiger partial charge in [0.05, 0.1) is 0 Å². The van der Waals surface area contributed by atoms with Crippen LogP contribution in [0.25, 0.3) is 17.0 Å². The van der Waals surface area contributed by atoms with E-state index in [-0.39, 0.29) is 22.8 Å². The Hall–Kier alpha value is -2.50. The molecule has 5 heteroatoms. The van der Waals surface area contributed by atoms with Crippen LogP contribution in [0.3, 0.4) is 0 Å². The molecule has 3 nitrogen and oxygen atoms in total. The number of fused-ring (bicyclic) bond motifs is 1. The number of hydrogen-bond donors (Lipinski definition) is 0. The summed E-state index contributed by atoms with van der Waals surface area (Å²) in [7, 11) is 0. The molecule has 2 heterocycles. The molecule has 0 saturated heterocycles. The lowest BCUT2D eigenvalue weighted by Gasteiger charge is -1.98. The lowest BCUT2D eigenvalue weighted by atomic mass is 10.2. The number of nitrogens with zero attached hydrogens (tertiary/aromatic N) is 1. The van der Waals surface area contributed by atoms with Gasteiger partial charge in [-0.3, -0.25) is 4.79 Å². The molecule has 28 heavy (non-hydrogen) atoms. The van der Waals surface area contributed by atoms with Gasteiger partial charge in [0.1, 0.15) is 5.58 Å². The van der Waals surface area contributed by atoms with Gasteiger partial charge in [-0.1, -0.05) is 52.3 Å². The zero-order valence-corrected chi connectivity index (χ0v) is 18.1. The van der Waals surface area contributed by atoms with E-state index in [0.29, 0.717) is 11.3 Å². The summed E-state index contributed by atoms with van der Waals surface area (Å²) in [6.07, 6.45) is 7.37. The Morgan fingerprint density at radius 2 is 1.75 bits per heavy atom. The van der Waals surface area contributed by atoms with Gasteiger partial charge in [0.15, 0.2) is 24.7 Å². The number of furan rings is 1. The first kappa shape index (κ1) is 20.2. The molecule has 0 amide bonds. The van der Waals surface area contributed by atoms with Gasteiger partial charge in [-0.25, -0.2) is 4.57 Å². The first-order valence-electron chi connectivity index (χ1n) is 8.62. The van der Waals surface area contributed by atoms with Crippen molar-refractivity contribution < 1.29 is 30.8 Å². The van der Waals surface area contributed by atoms with Crippen LogP contribution in [-0.4, -0.2) is 5.78 Å². The minimum atomic E-state index is -0.150. The minimum absolute atomic E-state index is 0. The summed E-state index contributed by atoms with van der Waals surface area (Å²) in [4.78, 5) is 12.4. The molecule has 0 unspecified atom stereocenters. The molecule has 4 aromatic rings. The molecular formula is C23H17Br2NO2. The van der Waals surface area contributed by atoms with Crippen LogP contribution in [0.4, 0.5) is 0 Å². The van der Waals surface area contributed by atoms with E-state index in [2.05, 4.69) is 32.6 Å². The highest BCUT2D eigenvalue weighted by Gasteiger charge is 2.10. The third-order valence-corrected chi connectivity index (χ3v) is 4.77. The SMILES string of the molecule is O=C(/C=C/c1cc[n+](Cc2ccccc2)cc1)c1cc2cc(Br)ccc2o1.[Br-]. The van der Waals surface area contributed by atoms with E-state index in [1.807, 2.05) is 60.9 Å². The number of carbonyl (C=O) groups is 1. The maximum absolute atomic E-state index is 12.4. The van der Waals surface area contributed by atoms with Gasteiger partial charge in [-0.05, 0) is 35.9 Å². The van der Waals surface area contributed by atoms with Crippen LogP contribution in [0.5, 0.6) is 0 Å². The zero-order valence-electron chi connectivity index (χ0n) is 14.9. The van der Waals surface area contributed by atoms with Gasteiger partial charge in [0.25, 0.3) is 0 Å². The topological polar surface area (TPSA) is 34.1 Å². The quantitative estimate of drug-likeness (QED) is 0.240. The summed E-state index contributed by atoms with van der Waals surface area (Å²) in [6.45, 7) is 0.818. The van der Waals surface area contributed by atoms with E-state index in [4.69, 9.17) is 4.42 Å². The number of aromatic nitrogens is 1. The molecule has 0 spiro atoms. The summed E-state index contributed by atoms with van der Waals surface area (Å²) in [6, 6.07) is 21.7. The predicted octanol–water partition coefficient (Wildman–Crippen LogP) is 2.43. The van der Waals surface area contributed by atoms with Crippen molar-refractivity contribution in [1.82, 2.24) is 0 Å². The summed E-state index contributed by atoms with van der Waals surface area (Å²) >= 11 is 3.42. The normalized spacial score (nSPS) is 10.9. The van der Waals surface area contributed by atoms with Crippen molar-refractivity contribution in [1.29, 1.82) is 0 Å². The highest BCUT2D eigenvalue weighted by Crippen LogP contribution is 2.23. The van der Waals surface area contributed by atoms with Crippen LogP contribution in [0.1, 0.15) is 21.7 Å². The van der Waals surface area contributed by atoms with Gasteiger partial charge < -0.3 is 21.4 Å². The molecule has 0 aliphatic carbocycles. The van der Waals surface area contributed by atoms with Crippen molar-refractivity contribution in [3.05, 3.63) is 107 Å². The lowest BCUT2D eigenvalue weighted by Crippen LogP contribution is -3.00. The minimum Gasteiger partial charge on any atom is -1.00 e. The number of benzene rings is 2. The standard InChI is InChI=1S/C23H17BrNO2.BrH/c24-20-7-9-22-19(14-20)15-23(27-22)21(26)8-6-17-10-12-25(13-11-17)16-18-4-2-1-3-5-18;/h1-15H,16H2;1H/q+1;/p-1/b8-6+;. The Kier molecular flexibility index (Phi) is 6.60. The van der Waals surface area contributed by atoms with E-state index in [1.54, 1.807) is 18.2 Å². The number of allylic oxidation sites excluding steroid dienone is 1. The van der Waals surface area contributed by atoms with E-state index in [9.17, 15) is 4.79 Å². The average Bonchev–Trinajstić information content (AvgIpc) is 3.11. The van der Waals surface area contributed by atoms with E-state index in [0.717, 1.165) is 22.0 Å². The number of halogens is 2. The summed E-state index contributed by atoms with van der Waals surface area (Å²) < 4.78 is 8.69. The van der Waals surface area contributed by atoms with Gasteiger partial charge in [0, 0.05) is 27.6 Å². The molecule has 4 rings (SSSR count). The Morgan fingerprint density at radius 3 is 2.50 bits per heavy atom. The van der Waals surface area contributed by atoms with Crippen LogP contribution in [0, 0.1) is 0 Å². The monoisotopic (exact) mass is 497 g/mol. The number of hydrogen-bond acceptors (Lipinski definition) is 2. The average molecular weight is 499 g/mol. The highest BCUT2D eigenvalue weighted by atomic mass is 79.9. The summed E-state index contributed by atoms with van der Waals surface area (Å²) in [5, 5.41) is 0.905. The maximum atomic E-state index is 12.4. The Balaban J connectivity index is 0.00000225. The van der Waals surface area contributed by atoms with Gasteiger partial charge in [0.2, 0.25) is 5.78 Å². The summed E-state index contributed by atoms with van der Waals surface area (Å²) in [5.41, 5.74) is 2.92. The predicted molar refractivity (Wildman–Crippen MR) is 109 cm³/mol. The number of carbonyl (C=O) groups excluding carboxylic acids is 1. The van der Waals surface area contributed by atoms with Crippen molar-refractivity contribution in [2.75, 3.05) is 0 Å². The van der Waals surface area contributed by atoms with Crippen molar-refractivity contribution in [3.8, 4) is 0 Å². The fourth-order valence-electron chi connectivity index (χ4n) is 2.87. The Labute approximate surface area is 182 Å². The van der Waals surface area contributed by atoms with E-state index in [1.165, 1.54) is 5.56 Å². The van der Waals surface area contributed by atoms with Crippen LogP contribution in [0.2, 0.25) is 0 Å².